The van der Waals surface area contributed by atoms with Crippen molar-refractivity contribution >= 4 is 23.1 Å². The van der Waals surface area contributed by atoms with Crippen LogP contribution in [0.15, 0.2) is 0 Å². The molecule has 0 rings (SSSR count). The molecule has 0 aliphatic rings. The van der Waals surface area contributed by atoms with Crippen molar-refractivity contribution in [2.24, 2.45) is 11.1 Å². The lowest BCUT2D eigenvalue weighted by Crippen LogP contribution is -2.51. The molecule has 0 spiro atoms. The highest BCUT2D eigenvalue weighted by Crippen LogP contribution is 2.28. The predicted molar refractivity (Wildman–Crippen MR) is 63.8 cm³/mol. The summed E-state index contributed by atoms with van der Waals surface area (Å²) >= 11 is 4.74. The lowest BCUT2D eigenvalue weighted by atomic mass is 9.81. The van der Waals surface area contributed by atoms with Gasteiger partial charge in [-0.15, -0.1) is 0 Å². The fraction of sp³-hybridized carbons (Fsp3) is 0.800. The van der Waals surface area contributed by atoms with E-state index in [9.17, 15) is 22.4 Å². The SMILES string of the molecule is CCC(CC)(C(=O)NCC(F)(F)C(F)F)C(N)=S. The third-order valence-electron chi connectivity index (χ3n) is 2.92. The largest absolute Gasteiger partial charge is 0.392 e. The van der Waals surface area contributed by atoms with Crippen LogP contribution in [0, 0.1) is 5.41 Å². The molecule has 0 unspecified atom stereocenters. The predicted octanol–water partition coefficient (Wildman–Crippen LogP) is 2.10. The van der Waals surface area contributed by atoms with Crippen molar-refractivity contribution < 1.29 is 22.4 Å². The lowest BCUT2D eigenvalue weighted by molar-refractivity contribution is -0.140. The van der Waals surface area contributed by atoms with Crippen LogP contribution in [0.1, 0.15) is 26.7 Å². The summed E-state index contributed by atoms with van der Waals surface area (Å²) in [5, 5.41) is 1.79. The Bertz CT molecular complexity index is 319. The van der Waals surface area contributed by atoms with Crippen LogP contribution >= 0.6 is 12.2 Å². The van der Waals surface area contributed by atoms with Crippen molar-refractivity contribution in [1.29, 1.82) is 0 Å². The van der Waals surface area contributed by atoms with Crippen LogP contribution in [0.25, 0.3) is 0 Å². The number of hydrogen-bond donors (Lipinski definition) is 2. The third-order valence-corrected chi connectivity index (χ3v) is 3.31. The summed E-state index contributed by atoms with van der Waals surface area (Å²) < 4.78 is 49.2. The van der Waals surface area contributed by atoms with E-state index in [4.69, 9.17) is 18.0 Å². The maximum atomic E-state index is 12.7. The Kier molecular flexibility index (Phi) is 5.98. The monoisotopic (exact) mass is 288 g/mol. The molecule has 1 amide bonds. The van der Waals surface area contributed by atoms with Gasteiger partial charge in [0.1, 0.15) is 0 Å². The summed E-state index contributed by atoms with van der Waals surface area (Å²) in [6, 6.07) is 0. The molecule has 0 saturated carbocycles. The van der Waals surface area contributed by atoms with Crippen LogP contribution in [-0.2, 0) is 4.79 Å². The zero-order valence-electron chi connectivity index (χ0n) is 10.1. The minimum atomic E-state index is -4.26. The van der Waals surface area contributed by atoms with Crippen LogP contribution in [0.2, 0.25) is 0 Å². The third kappa shape index (κ3) is 3.54. The molecular weight excluding hydrogens is 272 g/mol. The topological polar surface area (TPSA) is 55.1 Å². The lowest BCUT2D eigenvalue weighted by Gasteiger charge is -2.29. The second-order valence-electron chi connectivity index (χ2n) is 3.90. The van der Waals surface area contributed by atoms with E-state index in [0.717, 1.165) is 0 Å². The van der Waals surface area contributed by atoms with E-state index in [2.05, 4.69) is 0 Å². The molecule has 3 N–H and O–H groups in total. The van der Waals surface area contributed by atoms with Gasteiger partial charge in [0, 0.05) is 0 Å². The minimum Gasteiger partial charge on any atom is -0.392 e. The van der Waals surface area contributed by atoms with E-state index < -0.39 is 30.2 Å². The van der Waals surface area contributed by atoms with Gasteiger partial charge in [-0.2, -0.15) is 8.78 Å². The number of amides is 1. The molecule has 0 aromatic rings. The highest BCUT2D eigenvalue weighted by Gasteiger charge is 2.44. The Morgan fingerprint density at radius 2 is 1.78 bits per heavy atom. The minimum absolute atomic E-state index is 0.134. The molecule has 0 radical (unpaired) electrons. The second kappa shape index (κ2) is 6.31. The average Bonchev–Trinajstić information content (AvgIpc) is 2.28. The Morgan fingerprint density at radius 1 is 1.33 bits per heavy atom. The van der Waals surface area contributed by atoms with Crippen molar-refractivity contribution in [3.63, 3.8) is 0 Å². The number of hydrogen-bond acceptors (Lipinski definition) is 2. The standard InChI is InChI=1S/C10H16F4N2OS/c1-3-9(4-2,7(15)18)8(17)16-5-10(13,14)6(11)12/h6H,3-5H2,1-2H3,(H2,15,18)(H,16,17). The summed E-state index contributed by atoms with van der Waals surface area (Å²) in [5.74, 6) is -5.11. The molecule has 0 heterocycles. The highest BCUT2D eigenvalue weighted by atomic mass is 32.1. The van der Waals surface area contributed by atoms with Crippen molar-refractivity contribution in [3.8, 4) is 0 Å². The van der Waals surface area contributed by atoms with E-state index in [0.29, 0.717) is 0 Å². The summed E-state index contributed by atoms with van der Waals surface area (Å²) in [4.78, 5) is 11.6. The molecule has 106 valence electrons. The van der Waals surface area contributed by atoms with Crippen LogP contribution in [0.5, 0.6) is 0 Å². The molecule has 0 aromatic heterocycles. The fourth-order valence-electron chi connectivity index (χ4n) is 1.48. The van der Waals surface area contributed by atoms with Crippen molar-refractivity contribution in [2.75, 3.05) is 6.54 Å². The maximum absolute atomic E-state index is 12.7. The molecule has 0 saturated heterocycles. The quantitative estimate of drug-likeness (QED) is 0.557. The number of alkyl halides is 4. The molecule has 0 aliphatic carbocycles. The zero-order valence-corrected chi connectivity index (χ0v) is 10.9. The smallest absolute Gasteiger partial charge is 0.324 e. The summed E-state index contributed by atoms with van der Waals surface area (Å²) in [7, 11) is 0. The molecule has 0 fully saturated rings. The second-order valence-corrected chi connectivity index (χ2v) is 4.34. The Morgan fingerprint density at radius 3 is 2.06 bits per heavy atom. The van der Waals surface area contributed by atoms with Gasteiger partial charge in [0.05, 0.1) is 16.9 Å². The normalized spacial score (nSPS) is 12.6. The van der Waals surface area contributed by atoms with Gasteiger partial charge < -0.3 is 11.1 Å². The van der Waals surface area contributed by atoms with Gasteiger partial charge in [-0.05, 0) is 12.8 Å². The van der Waals surface area contributed by atoms with Gasteiger partial charge in [-0.3, -0.25) is 4.79 Å². The maximum Gasteiger partial charge on any atom is 0.324 e. The first kappa shape index (κ1) is 17.1. The summed E-state index contributed by atoms with van der Waals surface area (Å²) in [5.41, 5.74) is 4.16. The number of carbonyl (C=O) groups is 1. The van der Waals surface area contributed by atoms with Crippen LogP contribution in [0.3, 0.4) is 0 Å². The van der Waals surface area contributed by atoms with Crippen LogP contribution in [0.4, 0.5) is 17.6 Å². The van der Waals surface area contributed by atoms with Crippen molar-refractivity contribution in [2.45, 2.75) is 39.0 Å². The number of nitrogens with two attached hydrogens (primary N) is 1. The Hall–Kier alpha value is -0.920. The van der Waals surface area contributed by atoms with Crippen molar-refractivity contribution in [1.82, 2.24) is 5.32 Å². The van der Waals surface area contributed by atoms with Gasteiger partial charge in [0.2, 0.25) is 5.91 Å². The molecule has 0 aliphatic heterocycles. The molecule has 18 heavy (non-hydrogen) atoms. The van der Waals surface area contributed by atoms with Gasteiger partial charge in [-0.25, -0.2) is 8.78 Å². The Labute approximate surface area is 108 Å². The van der Waals surface area contributed by atoms with E-state index in [1.54, 1.807) is 19.2 Å². The summed E-state index contributed by atoms with van der Waals surface area (Å²) in [6.07, 6.45) is -3.41. The molecule has 0 aromatic carbocycles. The van der Waals surface area contributed by atoms with Gasteiger partial charge in [0.15, 0.2) is 0 Å². The van der Waals surface area contributed by atoms with Crippen LogP contribution in [-0.4, -0.2) is 29.8 Å². The van der Waals surface area contributed by atoms with Crippen LogP contribution < -0.4 is 11.1 Å². The van der Waals surface area contributed by atoms with E-state index in [1.165, 1.54) is 0 Å². The Balaban J connectivity index is 4.80. The number of carbonyl (C=O) groups excluding carboxylic acids is 1. The van der Waals surface area contributed by atoms with Gasteiger partial charge >= 0.3 is 12.3 Å². The first-order valence-corrected chi connectivity index (χ1v) is 5.79. The molecule has 0 atom stereocenters. The summed E-state index contributed by atoms with van der Waals surface area (Å²) in [6.45, 7) is 1.80. The van der Waals surface area contributed by atoms with Crippen molar-refractivity contribution in [3.05, 3.63) is 0 Å². The van der Waals surface area contributed by atoms with E-state index >= 15 is 0 Å². The number of nitrogens with one attached hydrogen (secondary N) is 1. The molecular formula is C10H16F4N2OS. The van der Waals surface area contributed by atoms with E-state index in [1.807, 2.05) is 0 Å². The zero-order chi connectivity index (χ0) is 14.6. The molecule has 8 heteroatoms. The average molecular weight is 288 g/mol. The highest BCUT2D eigenvalue weighted by molar-refractivity contribution is 7.80. The molecule has 3 nitrogen and oxygen atoms in total. The first-order chi connectivity index (χ1) is 8.14. The number of halogens is 4. The number of thiocarbonyl (C=S) groups is 1. The number of rotatable bonds is 7. The molecule has 0 bridgehead atoms. The van der Waals surface area contributed by atoms with Gasteiger partial charge in [-0.1, -0.05) is 26.1 Å². The van der Waals surface area contributed by atoms with Gasteiger partial charge in [0.25, 0.3) is 0 Å². The van der Waals surface area contributed by atoms with E-state index in [-0.39, 0.29) is 17.8 Å². The first-order valence-electron chi connectivity index (χ1n) is 5.38. The fourth-order valence-corrected chi connectivity index (χ4v) is 1.86.